The second-order valence-corrected chi connectivity index (χ2v) is 8.85. The molecule has 0 atom stereocenters. The summed E-state index contributed by atoms with van der Waals surface area (Å²) >= 11 is 0. The Balaban J connectivity index is 1.72. The van der Waals surface area contributed by atoms with Crippen molar-refractivity contribution in [2.24, 2.45) is 7.05 Å². The van der Waals surface area contributed by atoms with E-state index in [2.05, 4.69) is 27.2 Å². The average molecular weight is 452 g/mol. The molecular weight excluding hydrogens is 418 g/mol. The molecule has 3 heterocycles. The van der Waals surface area contributed by atoms with Gasteiger partial charge in [0.2, 0.25) is 0 Å². The third kappa shape index (κ3) is 4.39. The minimum Gasteiger partial charge on any atom is -0.381 e. The van der Waals surface area contributed by atoms with Gasteiger partial charge in [0.15, 0.2) is 0 Å². The Morgan fingerprint density at radius 2 is 2.00 bits per heavy atom. The van der Waals surface area contributed by atoms with Gasteiger partial charge in [-0.2, -0.15) is 5.10 Å². The summed E-state index contributed by atoms with van der Waals surface area (Å²) in [6.45, 7) is 10.4. The first-order valence-corrected chi connectivity index (χ1v) is 11.6. The molecule has 4 rings (SSSR count). The summed E-state index contributed by atoms with van der Waals surface area (Å²) < 4.78 is 7.39. The lowest BCUT2D eigenvalue weighted by Crippen LogP contribution is -2.40. The molecule has 8 heteroatoms. The summed E-state index contributed by atoms with van der Waals surface area (Å²) in [6.07, 6.45) is 3.80. The lowest BCUT2D eigenvalue weighted by molar-refractivity contribution is 0.0846. The van der Waals surface area contributed by atoms with Crippen molar-refractivity contribution < 1.29 is 9.53 Å². The number of amides is 1. The van der Waals surface area contributed by atoms with Crippen LogP contribution in [-0.4, -0.2) is 46.5 Å². The Morgan fingerprint density at radius 3 is 2.67 bits per heavy atom. The maximum Gasteiger partial charge on any atom is 0.253 e. The zero-order valence-electron chi connectivity index (χ0n) is 20.1. The van der Waals surface area contributed by atoms with Gasteiger partial charge in [-0.05, 0) is 63.8 Å². The molecule has 33 heavy (non-hydrogen) atoms. The summed E-state index contributed by atoms with van der Waals surface area (Å²) in [5.74, 6) is -0.195. The van der Waals surface area contributed by atoms with Crippen molar-refractivity contribution in [1.29, 1.82) is 0 Å². The molecule has 1 fully saturated rings. The van der Waals surface area contributed by atoms with Crippen LogP contribution in [0.2, 0.25) is 0 Å². The van der Waals surface area contributed by atoms with Gasteiger partial charge in [0.1, 0.15) is 0 Å². The number of nitrogens with one attached hydrogen (secondary N) is 2. The van der Waals surface area contributed by atoms with Gasteiger partial charge in [0, 0.05) is 61.6 Å². The molecule has 1 aromatic carbocycles. The SMILES string of the molecule is CCN(c1c(C)c(C(=O)NCc2c(C)cc(C)[nH]c2=O)cc2c1cnn2C)C1CCOCC1. The van der Waals surface area contributed by atoms with Gasteiger partial charge < -0.3 is 19.9 Å². The quantitative estimate of drug-likeness (QED) is 0.601. The van der Waals surface area contributed by atoms with Gasteiger partial charge in [0.25, 0.3) is 11.5 Å². The van der Waals surface area contributed by atoms with Crippen LogP contribution in [-0.2, 0) is 18.3 Å². The van der Waals surface area contributed by atoms with Crippen LogP contribution in [0.4, 0.5) is 5.69 Å². The van der Waals surface area contributed by atoms with Gasteiger partial charge in [-0.25, -0.2) is 0 Å². The molecule has 3 aromatic rings. The third-order valence-electron chi connectivity index (χ3n) is 6.70. The number of aryl methyl sites for hydroxylation is 3. The van der Waals surface area contributed by atoms with E-state index < -0.39 is 0 Å². The molecule has 2 aromatic heterocycles. The number of aromatic amines is 1. The molecule has 8 nitrogen and oxygen atoms in total. The van der Waals surface area contributed by atoms with Crippen molar-refractivity contribution in [2.75, 3.05) is 24.7 Å². The monoisotopic (exact) mass is 451 g/mol. The second kappa shape index (κ2) is 9.39. The van der Waals surface area contributed by atoms with Crippen LogP contribution in [0.3, 0.4) is 0 Å². The third-order valence-corrected chi connectivity index (χ3v) is 6.70. The molecule has 0 radical (unpaired) electrons. The van der Waals surface area contributed by atoms with E-state index in [1.807, 2.05) is 50.8 Å². The molecule has 1 aliphatic rings. The number of aromatic nitrogens is 3. The molecule has 1 amide bonds. The van der Waals surface area contributed by atoms with Gasteiger partial charge in [-0.1, -0.05) is 0 Å². The summed E-state index contributed by atoms with van der Waals surface area (Å²) in [7, 11) is 1.89. The molecule has 0 spiro atoms. The van der Waals surface area contributed by atoms with E-state index in [0.717, 1.165) is 66.0 Å². The minimum atomic E-state index is -0.195. The van der Waals surface area contributed by atoms with Crippen LogP contribution >= 0.6 is 0 Å². The van der Waals surface area contributed by atoms with E-state index in [-0.39, 0.29) is 18.0 Å². The van der Waals surface area contributed by atoms with E-state index in [9.17, 15) is 9.59 Å². The number of carbonyl (C=O) groups is 1. The minimum absolute atomic E-state index is 0.163. The van der Waals surface area contributed by atoms with Crippen LogP contribution < -0.4 is 15.8 Å². The van der Waals surface area contributed by atoms with Crippen molar-refractivity contribution in [3.63, 3.8) is 0 Å². The van der Waals surface area contributed by atoms with E-state index in [0.29, 0.717) is 17.2 Å². The maximum absolute atomic E-state index is 13.4. The van der Waals surface area contributed by atoms with E-state index in [1.165, 1.54) is 0 Å². The number of fused-ring (bicyclic) bond motifs is 1. The van der Waals surface area contributed by atoms with Gasteiger partial charge in [-0.15, -0.1) is 0 Å². The van der Waals surface area contributed by atoms with Crippen molar-refractivity contribution in [2.45, 2.75) is 53.1 Å². The molecule has 1 aliphatic heterocycles. The second-order valence-electron chi connectivity index (χ2n) is 8.85. The highest BCUT2D eigenvalue weighted by molar-refractivity contribution is 6.05. The summed E-state index contributed by atoms with van der Waals surface area (Å²) in [4.78, 5) is 30.9. The van der Waals surface area contributed by atoms with E-state index in [1.54, 1.807) is 0 Å². The Hall–Kier alpha value is -3.13. The number of carbonyl (C=O) groups excluding carboxylic acids is 1. The smallest absolute Gasteiger partial charge is 0.253 e. The highest BCUT2D eigenvalue weighted by atomic mass is 16.5. The predicted octanol–water partition coefficient (Wildman–Crippen LogP) is 3.12. The maximum atomic E-state index is 13.4. The molecule has 1 saturated heterocycles. The fourth-order valence-electron chi connectivity index (χ4n) is 4.94. The van der Waals surface area contributed by atoms with Crippen LogP contribution in [0.5, 0.6) is 0 Å². The fraction of sp³-hybridized carbons (Fsp3) is 0.480. The summed E-state index contributed by atoms with van der Waals surface area (Å²) in [5.41, 5.74) is 5.59. The normalized spacial score (nSPS) is 14.6. The molecule has 0 unspecified atom stereocenters. The highest BCUT2D eigenvalue weighted by Crippen LogP contribution is 2.36. The zero-order chi connectivity index (χ0) is 23.7. The Bertz CT molecular complexity index is 1240. The van der Waals surface area contributed by atoms with Crippen molar-refractivity contribution in [1.82, 2.24) is 20.1 Å². The zero-order valence-corrected chi connectivity index (χ0v) is 20.1. The van der Waals surface area contributed by atoms with Crippen LogP contribution in [0.1, 0.15) is 52.5 Å². The molecule has 176 valence electrons. The van der Waals surface area contributed by atoms with Gasteiger partial charge in [-0.3, -0.25) is 14.3 Å². The lowest BCUT2D eigenvalue weighted by atomic mass is 9.98. The topological polar surface area (TPSA) is 92.3 Å². The average Bonchev–Trinajstić information content (AvgIpc) is 3.15. The molecule has 0 saturated carbocycles. The predicted molar refractivity (Wildman–Crippen MR) is 130 cm³/mol. The summed E-state index contributed by atoms with van der Waals surface area (Å²) in [5, 5.41) is 8.49. The molecule has 0 aliphatic carbocycles. The van der Waals surface area contributed by atoms with E-state index >= 15 is 0 Å². The number of pyridine rings is 1. The van der Waals surface area contributed by atoms with Gasteiger partial charge in [0.05, 0.1) is 17.4 Å². The van der Waals surface area contributed by atoms with Crippen LogP contribution in [0.15, 0.2) is 23.1 Å². The number of hydrogen-bond acceptors (Lipinski definition) is 5. The highest BCUT2D eigenvalue weighted by Gasteiger charge is 2.27. The Kier molecular flexibility index (Phi) is 6.56. The van der Waals surface area contributed by atoms with E-state index in [4.69, 9.17) is 4.74 Å². The van der Waals surface area contributed by atoms with Gasteiger partial charge >= 0.3 is 0 Å². The first-order chi connectivity index (χ1) is 15.8. The fourth-order valence-corrected chi connectivity index (χ4v) is 4.94. The van der Waals surface area contributed by atoms with Crippen molar-refractivity contribution in [3.8, 4) is 0 Å². The standard InChI is InChI=1S/C25H33N5O3/c1-6-30(18-7-9-33-10-8-18)23-17(4)19(12-22-21(23)14-27-29(22)5)24(31)26-13-20-15(2)11-16(3)28-25(20)32/h11-12,14,18H,6-10,13H2,1-5H3,(H,26,31)(H,28,32). The number of hydrogen-bond donors (Lipinski definition) is 2. The Morgan fingerprint density at radius 1 is 1.27 bits per heavy atom. The molecule has 0 bridgehead atoms. The summed E-state index contributed by atoms with van der Waals surface area (Å²) in [6, 6.07) is 4.18. The first-order valence-electron chi connectivity index (χ1n) is 11.6. The molecular formula is C25H33N5O3. The first kappa shape index (κ1) is 23.0. The Labute approximate surface area is 193 Å². The number of nitrogens with zero attached hydrogens (tertiary/aromatic N) is 3. The molecule has 2 N–H and O–H groups in total. The number of anilines is 1. The van der Waals surface area contributed by atoms with Crippen LogP contribution in [0.25, 0.3) is 10.9 Å². The number of ether oxygens (including phenoxy) is 1. The number of benzene rings is 1. The number of rotatable bonds is 6. The largest absolute Gasteiger partial charge is 0.381 e. The lowest BCUT2D eigenvalue weighted by Gasteiger charge is -2.37. The van der Waals surface area contributed by atoms with Crippen molar-refractivity contribution in [3.05, 3.63) is 56.6 Å². The van der Waals surface area contributed by atoms with Crippen LogP contribution in [0, 0.1) is 20.8 Å². The number of H-pyrrole nitrogens is 1. The van der Waals surface area contributed by atoms with Crippen molar-refractivity contribution >= 4 is 22.5 Å².